The molecule has 130 valence electrons. The van der Waals surface area contributed by atoms with Crippen molar-refractivity contribution < 1.29 is 22.0 Å². The molecule has 24 heavy (non-hydrogen) atoms. The average Bonchev–Trinajstić information content (AvgIpc) is 3.02. The number of benzene rings is 1. The van der Waals surface area contributed by atoms with Gasteiger partial charge in [0.2, 0.25) is 10.0 Å². The van der Waals surface area contributed by atoms with Crippen LogP contribution in [0.1, 0.15) is 24.3 Å². The first-order chi connectivity index (χ1) is 11.3. The lowest BCUT2D eigenvalue weighted by Crippen LogP contribution is -2.30. The lowest BCUT2D eigenvalue weighted by atomic mass is 10.3. The van der Waals surface area contributed by atoms with Crippen molar-refractivity contribution in [2.75, 3.05) is 18.4 Å². The van der Waals surface area contributed by atoms with Crippen LogP contribution >= 0.6 is 0 Å². The quantitative estimate of drug-likeness (QED) is 0.834. The Balaban J connectivity index is 2.24. The van der Waals surface area contributed by atoms with Crippen LogP contribution in [0, 0.1) is 11.6 Å². The minimum Gasteiger partial charge on any atom is -0.356 e. The van der Waals surface area contributed by atoms with E-state index in [1.165, 1.54) is 10.5 Å². The maximum absolute atomic E-state index is 13.5. The van der Waals surface area contributed by atoms with Gasteiger partial charge in [0.05, 0.1) is 5.69 Å². The van der Waals surface area contributed by atoms with Gasteiger partial charge in [0.25, 0.3) is 5.91 Å². The number of anilines is 1. The smallest absolute Gasteiger partial charge is 0.272 e. The van der Waals surface area contributed by atoms with E-state index in [4.69, 9.17) is 0 Å². The second-order valence-electron chi connectivity index (χ2n) is 4.92. The van der Waals surface area contributed by atoms with Gasteiger partial charge in [0.15, 0.2) is 0 Å². The van der Waals surface area contributed by atoms with Gasteiger partial charge in [-0.1, -0.05) is 13.8 Å². The summed E-state index contributed by atoms with van der Waals surface area (Å²) in [6.45, 7) is 3.99. The Bertz CT molecular complexity index is 845. The summed E-state index contributed by atoms with van der Waals surface area (Å²) in [7, 11) is -3.71. The molecule has 0 radical (unpaired) electrons. The molecule has 0 fully saturated rings. The van der Waals surface area contributed by atoms with Crippen LogP contribution in [0.4, 0.5) is 14.5 Å². The van der Waals surface area contributed by atoms with E-state index in [0.29, 0.717) is 13.1 Å². The molecule has 2 aromatic rings. The molecular weight excluding hydrogens is 340 g/mol. The fourth-order valence-corrected chi connectivity index (χ4v) is 3.60. The maximum Gasteiger partial charge on any atom is 0.272 e. The van der Waals surface area contributed by atoms with Crippen LogP contribution in [0.3, 0.4) is 0 Å². The molecule has 0 aliphatic carbocycles. The summed E-state index contributed by atoms with van der Waals surface area (Å²) in [5.74, 6) is -2.28. The van der Waals surface area contributed by atoms with Gasteiger partial charge in [-0.3, -0.25) is 4.79 Å². The number of carbonyl (C=O) groups is 1. The SMILES string of the molecule is CCN(CC)S(=O)(=O)c1c[nH]c(C(=O)Nc2cc(F)ccc2F)c1. The third-order valence-corrected chi connectivity index (χ3v) is 5.45. The molecule has 0 bridgehead atoms. The van der Waals surface area contributed by atoms with Gasteiger partial charge in [-0.25, -0.2) is 17.2 Å². The van der Waals surface area contributed by atoms with Gasteiger partial charge < -0.3 is 10.3 Å². The number of nitrogens with one attached hydrogen (secondary N) is 2. The van der Waals surface area contributed by atoms with Crippen LogP contribution in [-0.2, 0) is 10.0 Å². The van der Waals surface area contributed by atoms with Gasteiger partial charge in [-0.2, -0.15) is 4.31 Å². The first kappa shape index (κ1) is 18.1. The number of nitrogens with zero attached hydrogens (tertiary/aromatic N) is 1. The van der Waals surface area contributed by atoms with Gasteiger partial charge in [0, 0.05) is 25.4 Å². The van der Waals surface area contributed by atoms with Crippen molar-refractivity contribution in [1.82, 2.24) is 9.29 Å². The summed E-state index contributed by atoms with van der Waals surface area (Å²) in [4.78, 5) is 14.5. The lowest BCUT2D eigenvalue weighted by Gasteiger charge is -2.16. The molecule has 1 aromatic heterocycles. The van der Waals surface area contributed by atoms with E-state index in [9.17, 15) is 22.0 Å². The van der Waals surface area contributed by atoms with Crippen LogP contribution in [-0.4, -0.2) is 36.7 Å². The molecule has 1 aromatic carbocycles. The zero-order valence-corrected chi connectivity index (χ0v) is 14.0. The topological polar surface area (TPSA) is 82.3 Å². The molecule has 2 rings (SSSR count). The first-order valence-electron chi connectivity index (χ1n) is 7.24. The molecule has 0 spiro atoms. The van der Waals surface area contributed by atoms with Gasteiger partial charge in [0.1, 0.15) is 22.2 Å². The minimum absolute atomic E-state index is 0.0731. The Morgan fingerprint density at radius 3 is 2.50 bits per heavy atom. The van der Waals surface area contributed by atoms with Crippen LogP contribution in [0.2, 0.25) is 0 Å². The number of aromatic nitrogens is 1. The summed E-state index contributed by atoms with van der Waals surface area (Å²) in [5, 5.41) is 2.20. The fraction of sp³-hybridized carbons (Fsp3) is 0.267. The molecule has 0 unspecified atom stereocenters. The number of halogens is 2. The second-order valence-corrected chi connectivity index (χ2v) is 6.85. The summed E-state index contributed by atoms with van der Waals surface area (Å²) >= 11 is 0. The molecule has 9 heteroatoms. The molecule has 2 N–H and O–H groups in total. The van der Waals surface area contributed by atoms with E-state index in [2.05, 4.69) is 10.3 Å². The first-order valence-corrected chi connectivity index (χ1v) is 8.68. The van der Waals surface area contributed by atoms with Crippen LogP contribution in [0.25, 0.3) is 0 Å². The molecule has 0 saturated heterocycles. The van der Waals surface area contributed by atoms with Gasteiger partial charge in [-0.05, 0) is 18.2 Å². The van der Waals surface area contributed by atoms with Crippen LogP contribution in [0.5, 0.6) is 0 Å². The van der Waals surface area contributed by atoms with Gasteiger partial charge in [-0.15, -0.1) is 0 Å². The highest BCUT2D eigenvalue weighted by atomic mass is 32.2. The number of rotatable bonds is 6. The van der Waals surface area contributed by atoms with Crippen LogP contribution < -0.4 is 5.32 Å². The molecule has 1 heterocycles. The zero-order chi connectivity index (χ0) is 17.9. The van der Waals surface area contributed by atoms with Crippen LogP contribution in [0.15, 0.2) is 35.4 Å². The maximum atomic E-state index is 13.5. The molecule has 0 aliphatic heterocycles. The van der Waals surface area contributed by atoms with Gasteiger partial charge >= 0.3 is 0 Å². The number of sulfonamides is 1. The third kappa shape index (κ3) is 3.62. The Kier molecular flexibility index (Phi) is 5.35. The highest BCUT2D eigenvalue weighted by Crippen LogP contribution is 2.19. The average molecular weight is 357 g/mol. The van der Waals surface area contributed by atoms with E-state index in [1.54, 1.807) is 13.8 Å². The monoisotopic (exact) mass is 357 g/mol. The Hall–Kier alpha value is -2.26. The Morgan fingerprint density at radius 1 is 1.21 bits per heavy atom. The third-order valence-electron chi connectivity index (χ3n) is 3.42. The number of carbonyl (C=O) groups excluding carboxylic acids is 1. The van der Waals surface area contributed by atoms with Crippen molar-refractivity contribution in [1.29, 1.82) is 0 Å². The van der Waals surface area contributed by atoms with Crippen molar-refractivity contribution in [2.24, 2.45) is 0 Å². The highest BCUT2D eigenvalue weighted by Gasteiger charge is 2.24. The fourth-order valence-electron chi connectivity index (χ4n) is 2.15. The van der Waals surface area contributed by atoms with Crippen molar-refractivity contribution in [3.8, 4) is 0 Å². The lowest BCUT2D eigenvalue weighted by molar-refractivity contribution is 0.102. The summed E-state index contributed by atoms with van der Waals surface area (Å²) in [6, 6.07) is 3.80. The highest BCUT2D eigenvalue weighted by molar-refractivity contribution is 7.89. The van der Waals surface area contributed by atoms with E-state index < -0.39 is 27.6 Å². The normalized spacial score (nSPS) is 11.7. The van der Waals surface area contributed by atoms with Crippen molar-refractivity contribution >= 4 is 21.6 Å². The van der Waals surface area contributed by atoms with Crippen molar-refractivity contribution in [3.63, 3.8) is 0 Å². The Labute approximate surface area is 138 Å². The molecule has 6 nitrogen and oxygen atoms in total. The van der Waals surface area contributed by atoms with Crippen molar-refractivity contribution in [3.05, 3.63) is 47.8 Å². The van der Waals surface area contributed by atoms with E-state index in [0.717, 1.165) is 24.3 Å². The minimum atomic E-state index is -3.71. The summed E-state index contributed by atoms with van der Waals surface area (Å²) in [5.41, 5.74) is -0.410. The number of amides is 1. The molecule has 1 amide bonds. The number of hydrogen-bond acceptors (Lipinski definition) is 3. The number of aromatic amines is 1. The Morgan fingerprint density at radius 2 is 1.88 bits per heavy atom. The zero-order valence-electron chi connectivity index (χ0n) is 13.1. The van der Waals surface area contributed by atoms with Crippen molar-refractivity contribution in [2.45, 2.75) is 18.7 Å². The summed E-state index contributed by atoms with van der Waals surface area (Å²) < 4.78 is 52.6. The number of hydrogen-bond donors (Lipinski definition) is 2. The second kappa shape index (κ2) is 7.10. The molecule has 0 aliphatic rings. The molecular formula is C15H17F2N3O3S. The molecule has 0 atom stereocenters. The van der Waals surface area contributed by atoms with E-state index in [1.807, 2.05) is 0 Å². The predicted molar refractivity (Wildman–Crippen MR) is 85.2 cm³/mol. The largest absolute Gasteiger partial charge is 0.356 e. The predicted octanol–water partition coefficient (Wildman–Crippen LogP) is 2.58. The van der Waals surface area contributed by atoms with E-state index >= 15 is 0 Å². The summed E-state index contributed by atoms with van der Waals surface area (Å²) in [6.07, 6.45) is 1.19. The standard InChI is InChI=1S/C15H17F2N3O3S/c1-3-20(4-2)24(22,23)11-8-14(18-9-11)15(21)19-13-7-10(16)5-6-12(13)17/h5-9,18H,3-4H2,1-2H3,(H,19,21). The number of H-pyrrole nitrogens is 1. The molecule has 0 saturated carbocycles. The van der Waals surface area contributed by atoms with E-state index in [-0.39, 0.29) is 16.3 Å².